The van der Waals surface area contributed by atoms with Crippen molar-refractivity contribution in [1.82, 2.24) is 10.2 Å². The van der Waals surface area contributed by atoms with Gasteiger partial charge in [0.2, 0.25) is 0 Å². The average Bonchev–Trinajstić information content (AvgIpc) is 3.03. The second kappa shape index (κ2) is 6.31. The number of nitro groups is 1. The Labute approximate surface area is 130 Å². The van der Waals surface area contributed by atoms with Crippen LogP contribution < -0.4 is 5.32 Å². The average molecular weight is 312 g/mol. The Kier molecular flexibility index (Phi) is 4.06. The summed E-state index contributed by atoms with van der Waals surface area (Å²) in [7, 11) is 0. The van der Waals surface area contributed by atoms with Crippen LogP contribution in [0.4, 0.5) is 11.4 Å². The molecule has 7 heteroatoms. The number of para-hydroxylation sites is 2. The van der Waals surface area contributed by atoms with E-state index >= 15 is 0 Å². The van der Waals surface area contributed by atoms with Gasteiger partial charge in [-0.1, -0.05) is 53.8 Å². The van der Waals surface area contributed by atoms with Crippen LogP contribution in [0.25, 0.3) is 10.6 Å². The molecule has 0 amide bonds. The maximum Gasteiger partial charge on any atom is 0.292 e. The predicted molar refractivity (Wildman–Crippen MR) is 85.8 cm³/mol. The number of hydrogen-bond acceptors (Lipinski definition) is 6. The lowest BCUT2D eigenvalue weighted by Crippen LogP contribution is -2.02. The quantitative estimate of drug-likeness (QED) is 0.573. The summed E-state index contributed by atoms with van der Waals surface area (Å²) in [5.74, 6) is 0. The van der Waals surface area contributed by atoms with Gasteiger partial charge in [-0.05, 0) is 6.07 Å². The molecule has 0 saturated heterocycles. The first-order valence-electron chi connectivity index (χ1n) is 6.59. The zero-order valence-corrected chi connectivity index (χ0v) is 12.3. The van der Waals surface area contributed by atoms with Gasteiger partial charge in [-0.2, -0.15) is 0 Å². The third-order valence-electron chi connectivity index (χ3n) is 3.02. The molecule has 3 rings (SSSR count). The molecular formula is C15H12N4O2S. The molecule has 1 aromatic heterocycles. The SMILES string of the molecule is O=[N+]([O-])c1ccccc1NCc1nnc(-c2ccccc2)s1. The molecule has 0 aliphatic carbocycles. The number of anilines is 1. The Morgan fingerprint density at radius 1 is 1.05 bits per heavy atom. The van der Waals surface area contributed by atoms with Crippen LogP contribution in [-0.2, 0) is 6.54 Å². The van der Waals surface area contributed by atoms with Gasteiger partial charge < -0.3 is 5.32 Å². The number of aromatic nitrogens is 2. The van der Waals surface area contributed by atoms with Crippen LogP contribution >= 0.6 is 11.3 Å². The molecule has 1 heterocycles. The van der Waals surface area contributed by atoms with Crippen LogP contribution in [0.2, 0.25) is 0 Å². The number of rotatable bonds is 5. The Morgan fingerprint density at radius 2 is 1.77 bits per heavy atom. The van der Waals surface area contributed by atoms with Gasteiger partial charge in [0, 0.05) is 11.6 Å². The van der Waals surface area contributed by atoms with E-state index in [4.69, 9.17) is 0 Å². The molecule has 0 atom stereocenters. The van der Waals surface area contributed by atoms with Crippen molar-refractivity contribution in [2.75, 3.05) is 5.32 Å². The Morgan fingerprint density at radius 3 is 2.55 bits per heavy atom. The number of benzene rings is 2. The summed E-state index contributed by atoms with van der Waals surface area (Å²) in [5, 5.41) is 23.9. The van der Waals surface area contributed by atoms with Crippen molar-refractivity contribution >= 4 is 22.7 Å². The second-order valence-corrected chi connectivity index (χ2v) is 5.56. The van der Waals surface area contributed by atoms with Gasteiger partial charge >= 0.3 is 0 Å². The van der Waals surface area contributed by atoms with Crippen LogP contribution in [0.15, 0.2) is 54.6 Å². The van der Waals surface area contributed by atoms with Gasteiger partial charge in [0.1, 0.15) is 15.7 Å². The largest absolute Gasteiger partial charge is 0.373 e. The summed E-state index contributed by atoms with van der Waals surface area (Å²) in [5.41, 5.74) is 1.54. The van der Waals surface area contributed by atoms with Crippen LogP contribution in [0, 0.1) is 10.1 Å². The van der Waals surface area contributed by atoms with Crippen molar-refractivity contribution < 1.29 is 4.92 Å². The molecule has 0 radical (unpaired) electrons. The minimum absolute atomic E-state index is 0.0512. The zero-order chi connectivity index (χ0) is 15.4. The zero-order valence-electron chi connectivity index (χ0n) is 11.5. The summed E-state index contributed by atoms with van der Waals surface area (Å²) in [6, 6.07) is 16.3. The molecule has 22 heavy (non-hydrogen) atoms. The van der Waals surface area contributed by atoms with Crippen molar-refractivity contribution in [3.63, 3.8) is 0 Å². The monoisotopic (exact) mass is 312 g/mol. The first kappa shape index (κ1) is 14.2. The summed E-state index contributed by atoms with van der Waals surface area (Å²) in [4.78, 5) is 10.6. The van der Waals surface area contributed by atoms with E-state index in [9.17, 15) is 10.1 Å². The highest BCUT2D eigenvalue weighted by molar-refractivity contribution is 7.14. The lowest BCUT2D eigenvalue weighted by molar-refractivity contribution is -0.384. The number of nitrogens with one attached hydrogen (secondary N) is 1. The van der Waals surface area contributed by atoms with Gasteiger partial charge in [0.05, 0.1) is 11.5 Å². The lowest BCUT2D eigenvalue weighted by atomic mass is 10.2. The summed E-state index contributed by atoms with van der Waals surface area (Å²) in [6.45, 7) is 0.398. The van der Waals surface area contributed by atoms with Crippen LogP contribution in [0.3, 0.4) is 0 Å². The molecule has 0 saturated carbocycles. The molecule has 110 valence electrons. The van der Waals surface area contributed by atoms with Crippen LogP contribution in [-0.4, -0.2) is 15.1 Å². The van der Waals surface area contributed by atoms with Gasteiger partial charge in [-0.25, -0.2) is 0 Å². The van der Waals surface area contributed by atoms with E-state index in [0.29, 0.717) is 12.2 Å². The van der Waals surface area contributed by atoms with E-state index in [2.05, 4.69) is 15.5 Å². The summed E-state index contributed by atoms with van der Waals surface area (Å²) >= 11 is 1.46. The van der Waals surface area contributed by atoms with Gasteiger partial charge in [0.15, 0.2) is 0 Å². The molecule has 0 fully saturated rings. The van der Waals surface area contributed by atoms with E-state index in [1.165, 1.54) is 17.4 Å². The van der Waals surface area contributed by atoms with Crippen molar-refractivity contribution in [2.24, 2.45) is 0 Å². The molecule has 6 nitrogen and oxygen atoms in total. The van der Waals surface area contributed by atoms with Gasteiger partial charge in [0.25, 0.3) is 5.69 Å². The first-order chi connectivity index (χ1) is 10.7. The molecule has 2 aromatic carbocycles. The third-order valence-corrected chi connectivity index (χ3v) is 3.99. The van der Waals surface area contributed by atoms with Crippen molar-refractivity contribution in [3.8, 4) is 10.6 Å². The molecule has 0 bridgehead atoms. The highest BCUT2D eigenvalue weighted by Crippen LogP contribution is 2.26. The molecule has 0 spiro atoms. The van der Waals surface area contributed by atoms with E-state index in [1.807, 2.05) is 30.3 Å². The second-order valence-electron chi connectivity index (χ2n) is 4.49. The van der Waals surface area contributed by atoms with E-state index in [0.717, 1.165) is 15.6 Å². The normalized spacial score (nSPS) is 10.4. The third kappa shape index (κ3) is 3.09. The van der Waals surface area contributed by atoms with E-state index in [1.54, 1.807) is 18.2 Å². The standard InChI is InChI=1S/C15H12N4O2S/c20-19(21)13-9-5-4-8-12(13)16-10-14-17-18-15(22-14)11-6-2-1-3-7-11/h1-9,16H,10H2. The fraction of sp³-hybridized carbons (Fsp3) is 0.0667. The van der Waals surface area contributed by atoms with Crippen molar-refractivity contribution in [1.29, 1.82) is 0 Å². The fourth-order valence-corrected chi connectivity index (χ4v) is 2.76. The molecular weight excluding hydrogens is 300 g/mol. The smallest absolute Gasteiger partial charge is 0.292 e. The van der Waals surface area contributed by atoms with E-state index in [-0.39, 0.29) is 5.69 Å². The maximum atomic E-state index is 11.0. The Bertz CT molecular complexity index is 789. The van der Waals surface area contributed by atoms with Crippen molar-refractivity contribution in [2.45, 2.75) is 6.54 Å². The molecule has 0 aliphatic rings. The number of nitrogens with zero attached hydrogens (tertiary/aromatic N) is 3. The van der Waals surface area contributed by atoms with Crippen LogP contribution in [0.1, 0.15) is 5.01 Å². The number of nitro benzene ring substituents is 1. The summed E-state index contributed by atoms with van der Waals surface area (Å²) < 4.78 is 0. The predicted octanol–water partition coefficient (Wildman–Crippen LogP) is 3.73. The summed E-state index contributed by atoms with van der Waals surface area (Å²) in [6.07, 6.45) is 0. The molecule has 0 aliphatic heterocycles. The van der Waals surface area contributed by atoms with E-state index < -0.39 is 4.92 Å². The lowest BCUT2D eigenvalue weighted by Gasteiger charge is -2.04. The molecule has 0 unspecified atom stereocenters. The minimum atomic E-state index is -0.405. The van der Waals surface area contributed by atoms with Gasteiger partial charge in [-0.3, -0.25) is 10.1 Å². The minimum Gasteiger partial charge on any atom is -0.373 e. The molecule has 3 aromatic rings. The highest BCUT2D eigenvalue weighted by atomic mass is 32.1. The van der Waals surface area contributed by atoms with Crippen molar-refractivity contribution in [3.05, 3.63) is 69.7 Å². The topological polar surface area (TPSA) is 81.0 Å². The Hall–Kier alpha value is -2.80. The first-order valence-corrected chi connectivity index (χ1v) is 7.41. The maximum absolute atomic E-state index is 11.0. The van der Waals surface area contributed by atoms with Crippen LogP contribution in [0.5, 0.6) is 0 Å². The van der Waals surface area contributed by atoms with Gasteiger partial charge in [-0.15, -0.1) is 10.2 Å². The highest BCUT2D eigenvalue weighted by Gasteiger charge is 2.13. The fourth-order valence-electron chi connectivity index (χ4n) is 1.98. The number of hydrogen-bond donors (Lipinski definition) is 1. The molecule has 1 N–H and O–H groups in total. The Balaban J connectivity index is 1.73.